The van der Waals surface area contributed by atoms with Crippen LogP contribution in [0, 0.1) is 5.92 Å². The number of aromatic amines is 1. The lowest BCUT2D eigenvalue weighted by atomic mass is 9.83. The number of nitrogens with one attached hydrogen (secondary N) is 1. The quantitative estimate of drug-likeness (QED) is 0.929. The Morgan fingerprint density at radius 3 is 2.57 bits per heavy atom. The van der Waals surface area contributed by atoms with Gasteiger partial charge in [-0.05, 0) is 31.6 Å². The van der Waals surface area contributed by atoms with E-state index in [0.717, 1.165) is 25.7 Å². The average Bonchev–Trinajstić information content (AvgIpc) is 2.99. The van der Waals surface area contributed by atoms with Crippen LogP contribution in [0.15, 0.2) is 28.2 Å². The molecular weight excluding hydrogens is 288 g/mol. The Morgan fingerprint density at radius 1 is 1.10 bits per heavy atom. The van der Waals surface area contributed by atoms with Crippen molar-refractivity contribution >= 4 is 10.0 Å². The zero-order valence-corrected chi connectivity index (χ0v) is 12.9. The highest BCUT2D eigenvalue weighted by Gasteiger charge is 2.40. The van der Waals surface area contributed by atoms with Crippen LogP contribution in [-0.2, 0) is 10.0 Å². The van der Waals surface area contributed by atoms with Crippen molar-refractivity contribution in [2.24, 2.45) is 5.92 Å². The number of hydrogen-bond donors (Lipinski definition) is 1. The first kappa shape index (κ1) is 14.8. The molecule has 2 heterocycles. The highest BCUT2D eigenvalue weighted by Crippen LogP contribution is 2.36. The Labute approximate surface area is 125 Å². The van der Waals surface area contributed by atoms with Crippen molar-refractivity contribution in [2.75, 3.05) is 6.54 Å². The first-order valence-corrected chi connectivity index (χ1v) is 9.23. The monoisotopic (exact) mass is 310 g/mol. The number of nitrogens with zero attached hydrogens (tertiary/aromatic N) is 1. The van der Waals surface area contributed by atoms with Gasteiger partial charge in [-0.15, -0.1) is 0 Å². The van der Waals surface area contributed by atoms with Crippen molar-refractivity contribution in [3.05, 3.63) is 28.7 Å². The molecule has 0 radical (unpaired) electrons. The van der Waals surface area contributed by atoms with E-state index in [1.165, 1.54) is 37.7 Å². The van der Waals surface area contributed by atoms with E-state index < -0.39 is 15.5 Å². The number of H-pyrrole nitrogens is 1. The van der Waals surface area contributed by atoms with E-state index in [2.05, 4.69) is 4.98 Å². The summed E-state index contributed by atoms with van der Waals surface area (Å²) in [5.74, 6) is 0.457. The molecule has 1 unspecified atom stereocenters. The lowest BCUT2D eigenvalue weighted by Gasteiger charge is -2.33. The van der Waals surface area contributed by atoms with Crippen LogP contribution in [0.1, 0.15) is 44.9 Å². The van der Waals surface area contributed by atoms with Crippen molar-refractivity contribution in [2.45, 2.75) is 55.9 Å². The molecule has 1 saturated heterocycles. The molecule has 2 fully saturated rings. The summed E-state index contributed by atoms with van der Waals surface area (Å²) >= 11 is 0. The summed E-state index contributed by atoms with van der Waals surface area (Å²) in [6.45, 7) is 0.540. The van der Waals surface area contributed by atoms with Gasteiger partial charge < -0.3 is 4.98 Å². The molecule has 5 nitrogen and oxygen atoms in total. The van der Waals surface area contributed by atoms with E-state index in [1.807, 2.05) is 0 Å². The molecule has 1 saturated carbocycles. The predicted molar refractivity (Wildman–Crippen MR) is 80.6 cm³/mol. The van der Waals surface area contributed by atoms with Gasteiger partial charge in [0.25, 0.3) is 0 Å². The molecule has 3 rings (SSSR count). The maximum atomic E-state index is 12.8. The molecule has 0 spiro atoms. The molecule has 1 N–H and O–H groups in total. The number of hydrogen-bond acceptors (Lipinski definition) is 3. The van der Waals surface area contributed by atoms with E-state index in [1.54, 1.807) is 4.31 Å². The molecule has 21 heavy (non-hydrogen) atoms. The second-order valence-corrected chi connectivity index (χ2v) is 7.96. The highest BCUT2D eigenvalue weighted by atomic mass is 32.2. The Hall–Kier alpha value is -1.14. The van der Waals surface area contributed by atoms with Crippen molar-refractivity contribution in [3.63, 3.8) is 0 Å². The Balaban J connectivity index is 1.90. The van der Waals surface area contributed by atoms with Gasteiger partial charge in [-0.25, -0.2) is 8.42 Å². The van der Waals surface area contributed by atoms with Crippen LogP contribution in [0.4, 0.5) is 0 Å². The molecule has 6 heteroatoms. The van der Waals surface area contributed by atoms with Gasteiger partial charge in [0, 0.05) is 31.0 Å². The van der Waals surface area contributed by atoms with Crippen LogP contribution in [0.3, 0.4) is 0 Å². The fourth-order valence-electron chi connectivity index (χ4n) is 3.78. The van der Waals surface area contributed by atoms with Gasteiger partial charge in [-0.1, -0.05) is 19.3 Å². The summed E-state index contributed by atoms with van der Waals surface area (Å²) in [5, 5.41) is 0. The average molecular weight is 310 g/mol. The van der Waals surface area contributed by atoms with E-state index in [9.17, 15) is 13.2 Å². The standard InChI is InChI=1S/C15H22N2O3S/c18-14-8-9-16-11-15(14)21(19,20)17-10-4-7-13(17)12-5-2-1-3-6-12/h8-9,11-13H,1-7,10H2,(H,16,18). The summed E-state index contributed by atoms with van der Waals surface area (Å²) in [6, 6.07) is 1.35. The molecular formula is C15H22N2O3S. The summed E-state index contributed by atoms with van der Waals surface area (Å²) in [6.07, 6.45) is 10.5. The topological polar surface area (TPSA) is 70.2 Å². The second-order valence-electron chi connectivity index (χ2n) is 6.10. The molecule has 0 aromatic carbocycles. The fourth-order valence-corrected chi connectivity index (χ4v) is 5.58. The van der Waals surface area contributed by atoms with Crippen LogP contribution in [0.5, 0.6) is 0 Å². The van der Waals surface area contributed by atoms with Gasteiger partial charge in [-0.3, -0.25) is 4.79 Å². The Morgan fingerprint density at radius 2 is 1.86 bits per heavy atom. The third kappa shape index (κ3) is 2.79. The molecule has 116 valence electrons. The maximum Gasteiger partial charge on any atom is 0.248 e. The third-order valence-electron chi connectivity index (χ3n) is 4.82. The van der Waals surface area contributed by atoms with Crippen molar-refractivity contribution in [1.82, 2.24) is 9.29 Å². The minimum Gasteiger partial charge on any atom is -0.366 e. The molecule has 2 aliphatic rings. The first-order valence-electron chi connectivity index (χ1n) is 7.79. The van der Waals surface area contributed by atoms with Crippen molar-refractivity contribution in [1.29, 1.82) is 0 Å². The zero-order chi connectivity index (χ0) is 14.9. The SMILES string of the molecule is O=c1cc[nH]cc1S(=O)(=O)N1CCCC1C1CCCCC1. The Bertz CT molecular complexity index is 647. The van der Waals surface area contributed by atoms with Gasteiger partial charge in [0.05, 0.1) is 0 Å². The number of pyridine rings is 1. The normalized spacial score (nSPS) is 25.2. The number of aromatic nitrogens is 1. The zero-order valence-electron chi connectivity index (χ0n) is 12.1. The summed E-state index contributed by atoms with van der Waals surface area (Å²) in [5.41, 5.74) is -0.428. The van der Waals surface area contributed by atoms with Crippen LogP contribution >= 0.6 is 0 Å². The van der Waals surface area contributed by atoms with Gasteiger partial charge in [0.2, 0.25) is 15.5 Å². The van der Waals surface area contributed by atoms with Crippen LogP contribution in [-0.4, -0.2) is 30.3 Å². The molecule has 1 aromatic heterocycles. The van der Waals surface area contributed by atoms with Crippen LogP contribution in [0.25, 0.3) is 0 Å². The molecule has 0 bridgehead atoms. The van der Waals surface area contributed by atoms with Gasteiger partial charge in [-0.2, -0.15) is 4.31 Å². The maximum absolute atomic E-state index is 12.8. The first-order chi connectivity index (χ1) is 10.1. The summed E-state index contributed by atoms with van der Waals surface area (Å²) in [7, 11) is -3.68. The third-order valence-corrected chi connectivity index (χ3v) is 6.76. The van der Waals surface area contributed by atoms with Gasteiger partial charge in [0.15, 0.2) is 0 Å². The van der Waals surface area contributed by atoms with E-state index in [-0.39, 0.29) is 10.9 Å². The molecule has 0 amide bonds. The lowest BCUT2D eigenvalue weighted by molar-refractivity contribution is 0.226. The van der Waals surface area contributed by atoms with Crippen molar-refractivity contribution < 1.29 is 8.42 Å². The fraction of sp³-hybridized carbons (Fsp3) is 0.667. The Kier molecular flexibility index (Phi) is 4.17. The van der Waals surface area contributed by atoms with E-state index >= 15 is 0 Å². The molecule has 1 aliphatic carbocycles. The number of rotatable bonds is 3. The van der Waals surface area contributed by atoms with Crippen LogP contribution < -0.4 is 5.43 Å². The summed E-state index contributed by atoms with van der Waals surface area (Å²) < 4.78 is 27.2. The smallest absolute Gasteiger partial charge is 0.248 e. The highest BCUT2D eigenvalue weighted by molar-refractivity contribution is 7.89. The minimum absolute atomic E-state index is 0.0786. The van der Waals surface area contributed by atoms with Crippen molar-refractivity contribution in [3.8, 4) is 0 Å². The molecule has 1 atom stereocenters. The van der Waals surface area contributed by atoms with E-state index in [0.29, 0.717) is 12.5 Å². The number of sulfonamides is 1. The van der Waals surface area contributed by atoms with Gasteiger partial charge in [0.1, 0.15) is 4.90 Å². The summed E-state index contributed by atoms with van der Waals surface area (Å²) in [4.78, 5) is 14.5. The largest absolute Gasteiger partial charge is 0.366 e. The lowest BCUT2D eigenvalue weighted by Crippen LogP contribution is -2.42. The van der Waals surface area contributed by atoms with E-state index in [4.69, 9.17) is 0 Å². The van der Waals surface area contributed by atoms with Crippen LogP contribution in [0.2, 0.25) is 0 Å². The second kappa shape index (κ2) is 5.93. The van der Waals surface area contributed by atoms with Gasteiger partial charge >= 0.3 is 0 Å². The predicted octanol–water partition coefficient (Wildman–Crippen LogP) is 2.11. The minimum atomic E-state index is -3.68. The molecule has 1 aromatic rings. The molecule has 1 aliphatic heterocycles.